The number of aromatic amines is 1. The highest BCUT2D eigenvalue weighted by atomic mass is 32.1. The quantitative estimate of drug-likeness (QED) is 0.746. The molecule has 0 saturated carbocycles. The van der Waals surface area contributed by atoms with Crippen LogP contribution < -0.4 is 10.9 Å². The van der Waals surface area contributed by atoms with Gasteiger partial charge in [-0.2, -0.15) is 0 Å². The molecule has 0 bridgehead atoms. The Hall–Kier alpha value is -1.50. The average Bonchev–Trinajstić information content (AvgIpc) is 2.96. The Balaban J connectivity index is 1.82. The van der Waals surface area contributed by atoms with Gasteiger partial charge in [0.2, 0.25) is 0 Å². The lowest BCUT2D eigenvalue weighted by atomic mass is 10.1. The first-order valence-corrected chi connectivity index (χ1v) is 9.29. The fourth-order valence-corrected chi connectivity index (χ4v) is 4.89. The van der Waals surface area contributed by atoms with Gasteiger partial charge in [-0.25, -0.2) is 4.98 Å². The van der Waals surface area contributed by atoms with Crippen LogP contribution >= 0.6 is 22.7 Å². The predicted octanol–water partition coefficient (Wildman–Crippen LogP) is 4.13. The molecule has 1 atom stereocenters. The van der Waals surface area contributed by atoms with Gasteiger partial charge in [-0.1, -0.05) is 0 Å². The molecule has 0 radical (unpaired) electrons. The number of rotatable bonds is 4. The second kappa shape index (κ2) is 6.19. The van der Waals surface area contributed by atoms with Crippen LogP contribution in [-0.2, 0) is 6.54 Å². The van der Waals surface area contributed by atoms with E-state index in [1.54, 1.807) is 11.3 Å². The predicted molar refractivity (Wildman–Crippen MR) is 98.8 cm³/mol. The van der Waals surface area contributed by atoms with E-state index in [0.29, 0.717) is 12.4 Å². The lowest BCUT2D eigenvalue weighted by Gasteiger charge is -2.13. The van der Waals surface area contributed by atoms with Crippen molar-refractivity contribution in [3.05, 3.63) is 48.0 Å². The molecule has 3 aromatic heterocycles. The highest BCUT2D eigenvalue weighted by Crippen LogP contribution is 2.27. The molecule has 0 aliphatic carbocycles. The fraction of sp³-hybridized carbons (Fsp3) is 0.412. The van der Waals surface area contributed by atoms with Crippen LogP contribution in [-0.4, -0.2) is 9.97 Å². The molecule has 3 rings (SSSR count). The molecule has 0 fully saturated rings. The summed E-state index contributed by atoms with van der Waals surface area (Å²) in [5.74, 6) is 0.695. The number of nitrogens with one attached hydrogen (secondary N) is 2. The molecule has 2 N–H and O–H groups in total. The van der Waals surface area contributed by atoms with Crippen molar-refractivity contribution in [2.24, 2.45) is 0 Å². The van der Waals surface area contributed by atoms with E-state index < -0.39 is 0 Å². The van der Waals surface area contributed by atoms with Crippen LogP contribution in [0.2, 0.25) is 0 Å². The third-order valence-electron chi connectivity index (χ3n) is 4.21. The van der Waals surface area contributed by atoms with Crippen molar-refractivity contribution in [1.29, 1.82) is 0 Å². The van der Waals surface area contributed by atoms with Crippen LogP contribution in [0, 0.1) is 27.7 Å². The molecule has 0 aliphatic rings. The van der Waals surface area contributed by atoms with E-state index in [9.17, 15) is 4.79 Å². The van der Waals surface area contributed by atoms with Crippen molar-refractivity contribution < 1.29 is 0 Å². The first-order valence-electron chi connectivity index (χ1n) is 7.66. The number of aryl methyl sites for hydroxylation is 4. The minimum Gasteiger partial charge on any atom is -0.309 e. The number of hydrogen-bond donors (Lipinski definition) is 2. The van der Waals surface area contributed by atoms with Crippen molar-refractivity contribution in [1.82, 2.24) is 15.3 Å². The molecular formula is C17H21N3OS2. The molecule has 0 unspecified atom stereocenters. The second-order valence-corrected chi connectivity index (χ2v) is 8.61. The van der Waals surface area contributed by atoms with Gasteiger partial charge in [0.05, 0.1) is 11.9 Å². The molecular weight excluding hydrogens is 326 g/mol. The van der Waals surface area contributed by atoms with Gasteiger partial charge in [0, 0.05) is 20.7 Å². The van der Waals surface area contributed by atoms with Gasteiger partial charge in [0.1, 0.15) is 10.7 Å². The molecule has 0 spiro atoms. The number of fused-ring (bicyclic) bond motifs is 1. The first-order chi connectivity index (χ1) is 10.9. The zero-order chi connectivity index (χ0) is 16.7. The van der Waals surface area contributed by atoms with E-state index in [0.717, 1.165) is 20.7 Å². The number of thiophene rings is 2. The summed E-state index contributed by atoms with van der Waals surface area (Å²) in [6.45, 7) is 11.0. The number of nitrogens with zero attached hydrogens (tertiary/aromatic N) is 1. The zero-order valence-electron chi connectivity index (χ0n) is 14.0. The highest BCUT2D eigenvalue weighted by Gasteiger charge is 2.14. The fourth-order valence-electron chi connectivity index (χ4n) is 2.82. The Morgan fingerprint density at radius 3 is 2.61 bits per heavy atom. The molecule has 0 amide bonds. The Bertz CT molecular complexity index is 920. The van der Waals surface area contributed by atoms with Gasteiger partial charge in [-0.05, 0) is 51.8 Å². The maximum absolute atomic E-state index is 12.3. The number of aromatic nitrogens is 2. The minimum absolute atomic E-state index is 0.0381. The maximum Gasteiger partial charge on any atom is 0.259 e. The summed E-state index contributed by atoms with van der Waals surface area (Å²) >= 11 is 3.40. The molecule has 6 heteroatoms. The first kappa shape index (κ1) is 16.4. The molecule has 23 heavy (non-hydrogen) atoms. The summed E-state index contributed by atoms with van der Waals surface area (Å²) in [7, 11) is 0. The van der Waals surface area contributed by atoms with Gasteiger partial charge >= 0.3 is 0 Å². The maximum atomic E-state index is 12.3. The lowest BCUT2D eigenvalue weighted by Crippen LogP contribution is -2.22. The van der Waals surface area contributed by atoms with E-state index in [2.05, 4.69) is 42.1 Å². The minimum atomic E-state index is -0.0381. The average molecular weight is 348 g/mol. The van der Waals surface area contributed by atoms with Crippen molar-refractivity contribution in [2.45, 2.75) is 47.2 Å². The van der Waals surface area contributed by atoms with Crippen LogP contribution in [0.15, 0.2) is 10.9 Å². The molecule has 0 saturated heterocycles. The third kappa shape index (κ3) is 3.11. The van der Waals surface area contributed by atoms with Gasteiger partial charge in [-0.3, -0.25) is 4.79 Å². The standard InChI is InChI=1S/C17H21N3OS2/c1-8-6-13(12(5)22-8)10(3)18-7-14-19-16(21)15-9(2)11(4)23-17(15)20-14/h6,10,18H,7H2,1-5H3,(H,19,20,21)/t10-/m1/s1. The third-order valence-corrected chi connectivity index (χ3v) is 6.29. The Labute approximate surface area is 143 Å². The van der Waals surface area contributed by atoms with E-state index in [1.165, 1.54) is 15.3 Å². The molecule has 3 aromatic rings. The molecule has 122 valence electrons. The number of H-pyrrole nitrogens is 1. The van der Waals surface area contributed by atoms with E-state index in [4.69, 9.17) is 0 Å². The highest BCUT2D eigenvalue weighted by molar-refractivity contribution is 7.18. The second-order valence-electron chi connectivity index (χ2n) is 5.95. The lowest BCUT2D eigenvalue weighted by molar-refractivity contribution is 0.559. The van der Waals surface area contributed by atoms with Crippen LogP contribution in [0.5, 0.6) is 0 Å². The molecule has 3 heterocycles. The normalized spacial score (nSPS) is 12.9. The van der Waals surface area contributed by atoms with Gasteiger partial charge in [0.25, 0.3) is 5.56 Å². The summed E-state index contributed by atoms with van der Waals surface area (Å²) in [5, 5.41) is 4.19. The Morgan fingerprint density at radius 2 is 1.96 bits per heavy atom. The molecule has 4 nitrogen and oxygen atoms in total. The van der Waals surface area contributed by atoms with Gasteiger partial charge in [0.15, 0.2) is 0 Å². The Kier molecular flexibility index (Phi) is 4.40. The van der Waals surface area contributed by atoms with Gasteiger partial charge in [-0.15, -0.1) is 22.7 Å². The summed E-state index contributed by atoms with van der Waals surface area (Å²) < 4.78 is 0. The van der Waals surface area contributed by atoms with Crippen molar-refractivity contribution in [3.63, 3.8) is 0 Å². The van der Waals surface area contributed by atoms with Crippen LogP contribution in [0.1, 0.15) is 44.5 Å². The molecule has 0 aliphatic heterocycles. The van der Waals surface area contributed by atoms with Crippen LogP contribution in [0.25, 0.3) is 10.2 Å². The van der Waals surface area contributed by atoms with Crippen LogP contribution in [0.4, 0.5) is 0 Å². The summed E-state index contributed by atoms with van der Waals surface area (Å²) in [4.78, 5) is 24.5. The SMILES string of the molecule is Cc1cc([C@@H](C)NCc2nc3sc(C)c(C)c3c(=O)[nH]2)c(C)s1. The monoisotopic (exact) mass is 347 g/mol. The molecule has 0 aromatic carbocycles. The summed E-state index contributed by atoms with van der Waals surface area (Å²) in [6, 6.07) is 2.45. The van der Waals surface area contributed by atoms with E-state index >= 15 is 0 Å². The van der Waals surface area contributed by atoms with Gasteiger partial charge < -0.3 is 10.3 Å². The summed E-state index contributed by atoms with van der Waals surface area (Å²) in [6.07, 6.45) is 0. The van der Waals surface area contributed by atoms with Crippen molar-refractivity contribution >= 4 is 32.9 Å². The summed E-state index contributed by atoms with van der Waals surface area (Å²) in [5.41, 5.74) is 2.32. The smallest absolute Gasteiger partial charge is 0.259 e. The zero-order valence-corrected chi connectivity index (χ0v) is 15.7. The van der Waals surface area contributed by atoms with Crippen LogP contribution in [0.3, 0.4) is 0 Å². The van der Waals surface area contributed by atoms with Crippen molar-refractivity contribution in [3.8, 4) is 0 Å². The Morgan fingerprint density at radius 1 is 1.22 bits per heavy atom. The van der Waals surface area contributed by atoms with E-state index in [1.807, 2.05) is 25.2 Å². The topological polar surface area (TPSA) is 57.8 Å². The van der Waals surface area contributed by atoms with E-state index in [-0.39, 0.29) is 11.6 Å². The number of hydrogen-bond acceptors (Lipinski definition) is 5. The van der Waals surface area contributed by atoms with Crippen molar-refractivity contribution in [2.75, 3.05) is 0 Å². The largest absolute Gasteiger partial charge is 0.309 e.